The fraction of sp³-hybridized carbons (Fsp3) is 0.333. The van der Waals surface area contributed by atoms with E-state index in [2.05, 4.69) is 5.43 Å². The zero-order valence-corrected chi connectivity index (χ0v) is 10.3. The Kier molecular flexibility index (Phi) is 8.59. The molecule has 0 aliphatic rings. The van der Waals surface area contributed by atoms with E-state index in [1.807, 2.05) is 0 Å². The molecule has 0 aromatic heterocycles. The molecule has 0 fully saturated rings. The van der Waals surface area contributed by atoms with E-state index in [0.29, 0.717) is 18.3 Å². The van der Waals surface area contributed by atoms with Gasteiger partial charge in [0.1, 0.15) is 6.29 Å². The Morgan fingerprint density at radius 2 is 1.94 bits per heavy atom. The zero-order valence-electron chi connectivity index (χ0n) is 10.3. The highest BCUT2D eigenvalue weighted by Gasteiger charge is 2.06. The number of hydrogen-bond donors (Lipinski definition) is 4. The van der Waals surface area contributed by atoms with Crippen molar-refractivity contribution in [2.75, 3.05) is 13.7 Å². The van der Waals surface area contributed by atoms with E-state index in [0.717, 1.165) is 12.7 Å². The van der Waals surface area contributed by atoms with Gasteiger partial charge in [0.05, 0.1) is 12.6 Å². The minimum Gasteiger partial charge on any atom is -0.400 e. The lowest BCUT2D eigenvalue weighted by Gasteiger charge is -2.05. The molecule has 6 heteroatoms. The van der Waals surface area contributed by atoms with Crippen LogP contribution in [0.25, 0.3) is 0 Å². The van der Waals surface area contributed by atoms with Gasteiger partial charge in [-0.25, -0.2) is 0 Å². The molecule has 0 saturated carbocycles. The van der Waals surface area contributed by atoms with Gasteiger partial charge in [-0.1, -0.05) is 24.3 Å². The van der Waals surface area contributed by atoms with Gasteiger partial charge in [0.2, 0.25) is 0 Å². The van der Waals surface area contributed by atoms with Gasteiger partial charge in [0, 0.05) is 12.7 Å². The number of hydrogen-bond acceptors (Lipinski definition) is 6. The number of benzene rings is 1. The molecule has 0 radical (unpaired) electrons. The first-order valence-electron chi connectivity index (χ1n) is 5.38. The van der Waals surface area contributed by atoms with Crippen molar-refractivity contribution in [3.05, 3.63) is 35.4 Å². The summed E-state index contributed by atoms with van der Waals surface area (Å²) < 4.78 is 0. The Balaban J connectivity index is 0.00000137. The molecule has 6 N–H and O–H groups in total. The van der Waals surface area contributed by atoms with E-state index in [9.17, 15) is 9.59 Å². The monoisotopic (exact) mass is 253 g/mol. The number of carbonyl (C=O) groups excluding carboxylic acids is 2. The normalized spacial score (nSPS) is 11.1. The standard InChI is InChI=1S/C11H15N3O2.CH4O/c12-10(7-15)5-8-1-3-9(4-2-8)11(16)6-14-13;1-2/h1-4,7,10,14H,5-6,12-13H2;2H,1H3. The SMILES string of the molecule is CO.NNCC(=O)c1ccc(CC(N)C=O)cc1. The largest absolute Gasteiger partial charge is 0.400 e. The van der Waals surface area contributed by atoms with Gasteiger partial charge >= 0.3 is 0 Å². The number of hydrazine groups is 1. The Bertz CT molecular complexity index is 365. The first kappa shape index (κ1) is 16.4. The Morgan fingerprint density at radius 1 is 1.39 bits per heavy atom. The van der Waals surface area contributed by atoms with Gasteiger partial charge in [0.25, 0.3) is 0 Å². The summed E-state index contributed by atoms with van der Waals surface area (Å²) in [5.74, 6) is 4.98. The van der Waals surface area contributed by atoms with E-state index in [4.69, 9.17) is 16.7 Å². The molecule has 100 valence electrons. The van der Waals surface area contributed by atoms with Gasteiger partial charge in [-0.3, -0.25) is 16.1 Å². The lowest BCUT2D eigenvalue weighted by atomic mass is 10.0. The molecule has 6 nitrogen and oxygen atoms in total. The fourth-order valence-corrected chi connectivity index (χ4v) is 1.34. The third kappa shape index (κ3) is 5.65. The highest BCUT2D eigenvalue weighted by atomic mass is 16.2. The van der Waals surface area contributed by atoms with E-state index < -0.39 is 6.04 Å². The zero-order chi connectivity index (χ0) is 14.0. The molecule has 0 amide bonds. The number of rotatable bonds is 6. The molecule has 1 aromatic carbocycles. The predicted octanol–water partition coefficient (Wildman–Crippen LogP) is -0.990. The number of ketones is 1. The summed E-state index contributed by atoms with van der Waals surface area (Å²) in [4.78, 5) is 21.8. The summed E-state index contributed by atoms with van der Waals surface area (Å²) in [5, 5.41) is 7.00. The number of Topliss-reactive ketones (excluding diaryl/α,β-unsaturated/α-hetero) is 1. The molecule has 1 rings (SSSR count). The van der Waals surface area contributed by atoms with Crippen LogP contribution >= 0.6 is 0 Å². The van der Waals surface area contributed by atoms with Gasteiger partial charge in [-0.05, 0) is 12.0 Å². The van der Waals surface area contributed by atoms with Crippen molar-refractivity contribution in [1.82, 2.24) is 5.43 Å². The molecule has 0 aliphatic carbocycles. The van der Waals surface area contributed by atoms with Crippen LogP contribution in [0.1, 0.15) is 15.9 Å². The number of nitrogens with one attached hydrogen (secondary N) is 1. The van der Waals surface area contributed by atoms with Gasteiger partial charge in [-0.2, -0.15) is 0 Å². The number of aliphatic hydroxyl groups excluding tert-OH is 1. The summed E-state index contributed by atoms with van der Waals surface area (Å²) in [6, 6.07) is 6.48. The van der Waals surface area contributed by atoms with Crippen LogP contribution in [-0.4, -0.2) is 36.9 Å². The van der Waals surface area contributed by atoms with Crippen LogP contribution < -0.4 is 17.0 Å². The summed E-state index contributed by atoms with van der Waals surface area (Å²) >= 11 is 0. The molecular formula is C12H19N3O3. The van der Waals surface area contributed by atoms with Crippen LogP contribution in [0.15, 0.2) is 24.3 Å². The molecule has 1 atom stereocenters. The molecule has 0 saturated heterocycles. The number of aliphatic hydroxyl groups is 1. The van der Waals surface area contributed by atoms with Crippen molar-refractivity contribution < 1.29 is 14.7 Å². The van der Waals surface area contributed by atoms with Gasteiger partial charge in [-0.15, -0.1) is 0 Å². The molecule has 18 heavy (non-hydrogen) atoms. The minimum atomic E-state index is -0.493. The Hall–Kier alpha value is -1.60. The van der Waals surface area contributed by atoms with Crippen LogP contribution in [0.3, 0.4) is 0 Å². The van der Waals surface area contributed by atoms with Crippen molar-refractivity contribution in [2.45, 2.75) is 12.5 Å². The number of carbonyl (C=O) groups is 2. The van der Waals surface area contributed by atoms with E-state index in [1.54, 1.807) is 24.3 Å². The topological polar surface area (TPSA) is 118 Å². The quantitative estimate of drug-likeness (QED) is 0.224. The highest BCUT2D eigenvalue weighted by Crippen LogP contribution is 2.06. The lowest BCUT2D eigenvalue weighted by molar-refractivity contribution is -0.108. The Morgan fingerprint density at radius 3 is 2.39 bits per heavy atom. The molecule has 0 aliphatic heterocycles. The van der Waals surface area contributed by atoms with Crippen molar-refractivity contribution in [3.63, 3.8) is 0 Å². The maximum Gasteiger partial charge on any atom is 0.177 e. The third-order valence-electron chi connectivity index (χ3n) is 2.18. The summed E-state index contributed by atoms with van der Waals surface area (Å²) in [6.45, 7) is 0.104. The van der Waals surface area contributed by atoms with E-state index >= 15 is 0 Å². The van der Waals surface area contributed by atoms with Crippen molar-refractivity contribution in [3.8, 4) is 0 Å². The number of nitrogens with two attached hydrogens (primary N) is 2. The maximum atomic E-state index is 11.4. The van der Waals surface area contributed by atoms with Crippen LogP contribution in [0.2, 0.25) is 0 Å². The van der Waals surface area contributed by atoms with Gasteiger partial charge in [0.15, 0.2) is 5.78 Å². The fourth-order valence-electron chi connectivity index (χ4n) is 1.34. The predicted molar refractivity (Wildman–Crippen MR) is 68.8 cm³/mol. The molecular weight excluding hydrogens is 234 g/mol. The van der Waals surface area contributed by atoms with Crippen LogP contribution in [0, 0.1) is 0 Å². The van der Waals surface area contributed by atoms with Crippen molar-refractivity contribution in [2.24, 2.45) is 11.6 Å². The van der Waals surface area contributed by atoms with Crippen LogP contribution in [0.4, 0.5) is 0 Å². The van der Waals surface area contributed by atoms with Crippen LogP contribution in [-0.2, 0) is 11.2 Å². The van der Waals surface area contributed by atoms with Crippen molar-refractivity contribution in [1.29, 1.82) is 0 Å². The first-order chi connectivity index (χ1) is 8.67. The summed E-state index contributed by atoms with van der Waals surface area (Å²) in [6.07, 6.45) is 1.19. The average Bonchev–Trinajstić information content (AvgIpc) is 2.42. The van der Waals surface area contributed by atoms with Crippen LogP contribution in [0.5, 0.6) is 0 Å². The smallest absolute Gasteiger partial charge is 0.177 e. The lowest BCUT2D eigenvalue weighted by Crippen LogP contribution is -2.29. The molecule has 0 bridgehead atoms. The second kappa shape index (κ2) is 9.43. The minimum absolute atomic E-state index is 0.0752. The third-order valence-corrected chi connectivity index (χ3v) is 2.18. The molecule has 0 heterocycles. The van der Waals surface area contributed by atoms with Gasteiger partial charge < -0.3 is 15.6 Å². The Labute approximate surface area is 106 Å². The van der Waals surface area contributed by atoms with E-state index in [-0.39, 0.29) is 12.3 Å². The first-order valence-corrected chi connectivity index (χ1v) is 5.38. The molecule has 1 aromatic rings. The number of aldehydes is 1. The second-order valence-corrected chi connectivity index (χ2v) is 3.51. The van der Waals surface area contributed by atoms with Crippen molar-refractivity contribution >= 4 is 12.1 Å². The summed E-state index contributed by atoms with van der Waals surface area (Å²) in [7, 11) is 1.00. The molecule has 1 unspecified atom stereocenters. The second-order valence-electron chi connectivity index (χ2n) is 3.51. The molecule has 0 spiro atoms. The maximum absolute atomic E-state index is 11.4. The van der Waals surface area contributed by atoms with E-state index in [1.165, 1.54) is 0 Å². The summed E-state index contributed by atoms with van der Waals surface area (Å²) in [5.41, 5.74) is 9.31. The highest BCUT2D eigenvalue weighted by molar-refractivity contribution is 5.97. The average molecular weight is 253 g/mol.